The second kappa shape index (κ2) is 53.4. The molecule has 0 heterocycles. The van der Waals surface area contributed by atoms with E-state index in [0.29, 0.717) is 95.9 Å². The molecule has 0 radical (unpaired) electrons. The topological polar surface area (TPSA) is 532 Å². The number of aliphatic carboxylic acids is 2. The van der Waals surface area contributed by atoms with Gasteiger partial charge in [0.25, 0.3) is 40.5 Å². The number of aryl methyl sites for hydroxylation is 9. The highest BCUT2D eigenvalue weighted by Crippen LogP contribution is 2.43. The number of Topliss-reactive ketones (excluding diaryl/α,β-unsaturated/α-hetero) is 6. The quantitative estimate of drug-likeness (QED) is 0.00956. The molecule has 145 heavy (non-hydrogen) atoms. The second-order valence-corrected chi connectivity index (χ2v) is 34.1. The standard InChI is InChI=1S/C24H30O13.2C23H26O6.2C21H24O4/c1-14(25)4-5-15-6-8-16(9-7-15)19(26)20(36-2,37-3)17-10-12-18(13-11-17)21(27,28)22(29,30)23(31,32)24(33,34)35;1-15-5-12-19(13-6-15)23(28-3,29-4)21(25)18-10-7-17(8-11-18)9-14-20(16(2)24)22(26)27;1-15-5-10-18(11-6-15)21(25)23(28-3,29-4)19-12-7-17(8-13-19)9-14-20(16(2)24)22(26)27;1-15-5-13-19(14-6-15)21(24-3,25-4)20(23)18-11-9-17(10-12-18)8-7-16(2)22;1-15-5-11-18(12-6-15)20(23)21(24-3,25-4)19-13-9-17(10-14-19)8-7-16(2)22/h6-13,27-35H,4-5H2,1-3H3;2*5-8,10-13,20,24H,2,9,14H2,1,3-4H3,(H,26,27);2*5-6,9-14,22H,2,7-8H2,1,3-4H3. The van der Waals surface area contributed by atoms with Crippen LogP contribution in [0.4, 0.5) is 0 Å². The SMILES string of the molecule is C=C(O)C(CCc1ccc(C(=O)C(OC)(OC)c2ccc(C)cc2)cc1)C(=O)O.C=C(O)C(CCc1ccc(C(OC)(OC)C(=O)c2ccc(C)cc2)cc1)C(=O)O.C=C(O)CCc1ccc(C(=O)C(OC)(OC)c2ccc(C)cc2)cc1.C=C(O)CCc1ccc(C(OC)(OC)C(=O)c2ccc(C)cc2)cc1.COC(OC)(C(=O)c1ccc(CCC(C)=O)cc1)c1ccc(C(O)(O)C(O)(O)C(O)(O)C(O)(O)O)cc1. The Morgan fingerprint density at radius 1 is 0.255 bits per heavy atom. The number of ketones is 6. The number of carboxylic acids is 2. The van der Waals surface area contributed by atoms with Gasteiger partial charge >= 0.3 is 23.7 Å². The van der Waals surface area contributed by atoms with E-state index in [2.05, 4.69) is 26.3 Å². The van der Waals surface area contributed by atoms with Gasteiger partial charge < -0.3 is 129 Å². The van der Waals surface area contributed by atoms with Gasteiger partial charge in [-0.2, -0.15) is 0 Å². The fourth-order valence-corrected chi connectivity index (χ4v) is 15.3. The maximum absolute atomic E-state index is 13.4. The van der Waals surface area contributed by atoms with Gasteiger partial charge in [0.2, 0.25) is 28.9 Å². The van der Waals surface area contributed by atoms with Crippen molar-refractivity contribution in [2.45, 2.75) is 151 Å². The number of methoxy groups -OCH3 is 10. The van der Waals surface area contributed by atoms with Crippen molar-refractivity contribution >= 4 is 46.6 Å². The van der Waals surface area contributed by atoms with Crippen molar-refractivity contribution in [2.24, 2.45) is 11.8 Å². The largest absolute Gasteiger partial charge is 0.513 e. The van der Waals surface area contributed by atoms with Crippen LogP contribution in [0.2, 0.25) is 0 Å². The Morgan fingerprint density at radius 3 is 0.628 bits per heavy atom. The van der Waals surface area contributed by atoms with Gasteiger partial charge in [-0.1, -0.05) is 291 Å². The highest BCUT2D eigenvalue weighted by Gasteiger charge is 2.71. The van der Waals surface area contributed by atoms with Crippen molar-refractivity contribution in [1.82, 2.24) is 0 Å². The number of hydrogen-bond donors (Lipinski definition) is 15. The number of benzene rings is 10. The average molecular weight is 2000 g/mol. The van der Waals surface area contributed by atoms with Gasteiger partial charge in [-0.05, 0) is 107 Å². The summed E-state index contributed by atoms with van der Waals surface area (Å²) in [5, 5.41) is 142. The fraction of sp³-hybridized carbons (Fsp3) is 0.321. The molecule has 33 heteroatoms. The first kappa shape index (κ1) is 120. The molecule has 0 aliphatic rings. The third-order valence-corrected chi connectivity index (χ3v) is 24.3. The Kier molecular flexibility index (Phi) is 44.3. The maximum Gasteiger partial charge on any atom is 0.338 e. The molecule has 776 valence electrons. The summed E-state index contributed by atoms with van der Waals surface area (Å²) in [6, 6.07) is 67.8. The van der Waals surface area contributed by atoms with Crippen LogP contribution >= 0.6 is 0 Å². The van der Waals surface area contributed by atoms with E-state index >= 15 is 0 Å². The van der Waals surface area contributed by atoms with Crippen LogP contribution in [0.25, 0.3) is 0 Å². The Hall–Kier alpha value is -13.4. The molecular formula is C112H130O33. The van der Waals surface area contributed by atoms with Gasteiger partial charge in [0, 0.05) is 152 Å². The van der Waals surface area contributed by atoms with Gasteiger partial charge in [-0.25, -0.2) is 0 Å². The van der Waals surface area contributed by atoms with Crippen molar-refractivity contribution in [3.63, 3.8) is 0 Å². The van der Waals surface area contributed by atoms with Crippen LogP contribution in [-0.2, 0) is 129 Å². The van der Waals surface area contributed by atoms with Gasteiger partial charge in [-0.3, -0.25) is 33.6 Å². The molecular weight excluding hydrogens is 1870 g/mol. The summed E-state index contributed by atoms with van der Waals surface area (Å²) in [7, 11) is 13.8. The number of aliphatic hydroxyl groups excluding tert-OH is 4. The summed E-state index contributed by atoms with van der Waals surface area (Å²) >= 11 is 0. The first-order chi connectivity index (χ1) is 68.2. The van der Waals surface area contributed by atoms with Crippen molar-refractivity contribution in [1.29, 1.82) is 0 Å². The number of allylic oxidation sites excluding steroid dienone is 2. The predicted molar refractivity (Wildman–Crippen MR) is 535 cm³/mol. The first-order valence-corrected chi connectivity index (χ1v) is 45.3. The van der Waals surface area contributed by atoms with Crippen LogP contribution in [0.1, 0.15) is 174 Å². The lowest BCUT2D eigenvalue weighted by molar-refractivity contribution is -0.547. The van der Waals surface area contributed by atoms with Crippen LogP contribution in [0.5, 0.6) is 0 Å². The van der Waals surface area contributed by atoms with E-state index in [0.717, 1.165) is 74.3 Å². The number of aliphatic hydroxyl groups is 13. The first-order valence-electron chi connectivity index (χ1n) is 45.3. The molecule has 10 aromatic carbocycles. The molecule has 0 aromatic heterocycles. The summed E-state index contributed by atoms with van der Waals surface area (Å²) in [5.41, 5.74) is 12.4. The minimum absolute atomic E-state index is 0.00994. The van der Waals surface area contributed by atoms with E-state index in [9.17, 15) is 89.4 Å². The van der Waals surface area contributed by atoms with Crippen LogP contribution < -0.4 is 0 Å². The molecule has 0 saturated carbocycles. The van der Waals surface area contributed by atoms with Gasteiger partial charge in [-0.15, -0.1) is 0 Å². The molecule has 33 nitrogen and oxygen atoms in total. The minimum Gasteiger partial charge on any atom is -0.513 e. The zero-order valence-electron chi connectivity index (χ0n) is 83.7. The molecule has 0 bridgehead atoms. The van der Waals surface area contributed by atoms with Crippen molar-refractivity contribution < 1.29 is 162 Å². The van der Waals surface area contributed by atoms with Crippen molar-refractivity contribution in [2.75, 3.05) is 71.1 Å². The molecule has 15 N–H and O–H groups in total. The minimum atomic E-state index is -4.68. The molecule has 0 fully saturated rings. The average Bonchev–Trinajstić information content (AvgIpc) is 0.727. The zero-order valence-corrected chi connectivity index (χ0v) is 83.7. The molecule has 0 aliphatic heterocycles. The molecule has 0 aliphatic carbocycles. The van der Waals surface area contributed by atoms with Crippen LogP contribution in [-0.4, -0.2) is 212 Å². The Labute approximate surface area is 842 Å². The lowest BCUT2D eigenvalue weighted by atomic mass is 9.87. The third kappa shape index (κ3) is 29.5. The van der Waals surface area contributed by atoms with E-state index in [1.807, 2.05) is 125 Å². The molecule has 0 amide bonds. The van der Waals surface area contributed by atoms with Gasteiger partial charge in [0.05, 0.1) is 23.0 Å². The summed E-state index contributed by atoms with van der Waals surface area (Å²) in [6.07, 6.45) is 4.43. The van der Waals surface area contributed by atoms with Gasteiger partial charge in [0.1, 0.15) is 17.6 Å². The molecule has 2 unspecified atom stereocenters. The molecule has 10 aromatic rings. The number of ether oxygens (including phenoxy) is 10. The summed E-state index contributed by atoms with van der Waals surface area (Å²) in [4.78, 5) is 99.3. The lowest BCUT2D eigenvalue weighted by Crippen LogP contribution is -2.75. The number of carboxylic acid groups (broad SMARTS) is 2. The number of hydrogen-bond acceptors (Lipinski definition) is 31. The summed E-state index contributed by atoms with van der Waals surface area (Å²) in [6.45, 7) is 22.9. The number of carbonyl (C=O) groups is 8. The third-order valence-electron chi connectivity index (χ3n) is 24.3. The van der Waals surface area contributed by atoms with Gasteiger partial charge in [0.15, 0.2) is 0 Å². The molecule has 10 rings (SSSR count). The van der Waals surface area contributed by atoms with Crippen molar-refractivity contribution in [3.05, 3.63) is 403 Å². The van der Waals surface area contributed by atoms with E-state index in [4.69, 9.17) is 72.9 Å². The summed E-state index contributed by atoms with van der Waals surface area (Å²) in [5.74, 6) is -32.6. The normalized spacial score (nSPS) is 12.3. The molecule has 0 spiro atoms. The van der Waals surface area contributed by atoms with Crippen LogP contribution in [0, 0.1) is 39.5 Å². The van der Waals surface area contributed by atoms with E-state index in [1.165, 1.54) is 90.2 Å². The number of carbonyl (C=O) groups excluding carboxylic acids is 6. The van der Waals surface area contributed by atoms with Crippen LogP contribution in [0.15, 0.2) is 292 Å². The lowest BCUT2D eigenvalue weighted by Gasteiger charge is -2.45. The molecule has 0 saturated heterocycles. The Bertz CT molecular complexity index is 5950. The second-order valence-electron chi connectivity index (χ2n) is 34.1. The Balaban J connectivity index is 0.000000279. The van der Waals surface area contributed by atoms with Crippen LogP contribution in [0.3, 0.4) is 0 Å². The Morgan fingerprint density at radius 2 is 0.434 bits per heavy atom. The smallest absolute Gasteiger partial charge is 0.338 e. The van der Waals surface area contributed by atoms with E-state index in [-0.39, 0.29) is 75.9 Å². The monoisotopic (exact) mass is 2000 g/mol. The highest BCUT2D eigenvalue weighted by molar-refractivity contribution is 6.05. The zero-order chi connectivity index (χ0) is 109. The maximum atomic E-state index is 13.4. The summed E-state index contributed by atoms with van der Waals surface area (Å²) < 4.78 is 54.9. The van der Waals surface area contributed by atoms with E-state index < -0.39 is 87.4 Å². The number of rotatable bonds is 48. The fourth-order valence-electron chi connectivity index (χ4n) is 15.3. The predicted octanol–water partition coefficient (Wildman–Crippen LogP) is 14.4. The highest BCUT2D eigenvalue weighted by atomic mass is 16.8. The molecule has 2 atom stereocenters. The van der Waals surface area contributed by atoms with E-state index in [1.54, 1.807) is 109 Å². The van der Waals surface area contributed by atoms with Crippen molar-refractivity contribution in [3.8, 4) is 0 Å².